The molecular weight excluding hydrogens is 376 g/mol. The second-order valence-corrected chi connectivity index (χ2v) is 6.56. The lowest BCUT2D eigenvalue weighted by Gasteiger charge is -2.20. The van der Waals surface area contributed by atoms with Gasteiger partial charge in [0, 0.05) is 13.2 Å². The quantitative estimate of drug-likeness (QED) is 0.424. The van der Waals surface area contributed by atoms with E-state index in [9.17, 15) is 17.6 Å². The van der Waals surface area contributed by atoms with Crippen molar-refractivity contribution in [1.82, 2.24) is 0 Å². The number of aryl methyl sites for hydroxylation is 2. The first-order valence-electron chi connectivity index (χ1n) is 9.23. The van der Waals surface area contributed by atoms with Crippen LogP contribution in [0.2, 0.25) is 0 Å². The molecule has 0 heterocycles. The maximum absolute atomic E-state index is 14.4. The van der Waals surface area contributed by atoms with Crippen molar-refractivity contribution in [3.63, 3.8) is 0 Å². The maximum Gasteiger partial charge on any atom is 0.432 e. The fourth-order valence-corrected chi connectivity index (χ4v) is 2.85. The first-order valence-corrected chi connectivity index (χ1v) is 9.23. The third-order valence-electron chi connectivity index (χ3n) is 4.31. The first kappa shape index (κ1) is 22.2. The van der Waals surface area contributed by atoms with E-state index in [1.54, 1.807) is 12.1 Å². The molecular formula is C21H24F4O3. The maximum atomic E-state index is 14.4. The number of unbranched alkanes of at least 4 members (excludes halogenated alkanes) is 2. The molecule has 0 saturated carbocycles. The van der Waals surface area contributed by atoms with Gasteiger partial charge < -0.3 is 14.9 Å². The molecule has 0 spiro atoms. The van der Waals surface area contributed by atoms with Crippen molar-refractivity contribution < 1.29 is 32.5 Å². The van der Waals surface area contributed by atoms with Crippen molar-refractivity contribution >= 4 is 0 Å². The number of rotatable bonds is 11. The van der Waals surface area contributed by atoms with Crippen LogP contribution in [0.25, 0.3) is 0 Å². The molecule has 0 aliphatic heterocycles. The van der Waals surface area contributed by atoms with Crippen molar-refractivity contribution in [1.29, 1.82) is 0 Å². The highest BCUT2D eigenvalue weighted by atomic mass is 19.3. The molecule has 0 saturated heterocycles. The van der Waals surface area contributed by atoms with Gasteiger partial charge in [0.25, 0.3) is 0 Å². The summed E-state index contributed by atoms with van der Waals surface area (Å²) >= 11 is 0. The number of aliphatic hydroxyl groups excluding tert-OH is 2. The Morgan fingerprint density at radius 2 is 1.25 bits per heavy atom. The van der Waals surface area contributed by atoms with Gasteiger partial charge in [0.1, 0.15) is 22.9 Å². The highest BCUT2D eigenvalue weighted by molar-refractivity contribution is 5.32. The number of hydrogen-bond acceptors (Lipinski definition) is 3. The van der Waals surface area contributed by atoms with Crippen molar-refractivity contribution in [2.24, 2.45) is 0 Å². The summed E-state index contributed by atoms with van der Waals surface area (Å²) in [5.74, 6) is -2.95. The summed E-state index contributed by atoms with van der Waals surface area (Å²) in [6.07, 6.45) is -0.862. The second kappa shape index (κ2) is 10.4. The van der Waals surface area contributed by atoms with E-state index in [4.69, 9.17) is 10.2 Å². The number of alkyl halides is 2. The third-order valence-corrected chi connectivity index (χ3v) is 4.31. The van der Waals surface area contributed by atoms with E-state index >= 15 is 0 Å². The molecule has 2 N–H and O–H groups in total. The average molecular weight is 400 g/mol. The van der Waals surface area contributed by atoms with Crippen LogP contribution in [-0.4, -0.2) is 23.4 Å². The Morgan fingerprint density at radius 3 is 1.75 bits per heavy atom. The molecule has 2 aromatic carbocycles. The number of benzene rings is 2. The molecule has 7 heteroatoms. The molecule has 0 aliphatic carbocycles. The molecule has 0 unspecified atom stereocenters. The van der Waals surface area contributed by atoms with Crippen LogP contribution < -0.4 is 4.74 Å². The smallest absolute Gasteiger partial charge is 0.429 e. The highest BCUT2D eigenvalue weighted by Gasteiger charge is 2.41. The molecule has 0 amide bonds. The summed E-state index contributed by atoms with van der Waals surface area (Å²) in [6, 6.07) is 7.58. The van der Waals surface area contributed by atoms with Crippen molar-refractivity contribution in [3.05, 3.63) is 64.7 Å². The van der Waals surface area contributed by atoms with Crippen molar-refractivity contribution in [2.45, 2.75) is 44.6 Å². The van der Waals surface area contributed by atoms with Gasteiger partial charge in [0.05, 0.1) is 0 Å². The van der Waals surface area contributed by atoms with E-state index in [0.29, 0.717) is 25.7 Å². The molecule has 2 aromatic rings. The SMILES string of the molecule is OCCCCc1ccc(OC(F)(F)c2c(F)cc(CCCCO)cc2F)cc1. The fraction of sp³-hybridized carbons (Fsp3) is 0.429. The van der Waals surface area contributed by atoms with Crippen LogP contribution in [0, 0.1) is 11.6 Å². The molecule has 0 bridgehead atoms. The standard InChI is InChI=1S/C21H24F4O3/c22-18-13-16(6-2-4-12-27)14-19(23)20(18)21(24,25)28-17-9-7-15(8-10-17)5-1-3-11-26/h7-10,13-14,26-27H,1-6,11-12H2. The van der Waals surface area contributed by atoms with Crippen LogP contribution >= 0.6 is 0 Å². The summed E-state index contributed by atoms with van der Waals surface area (Å²) in [4.78, 5) is 0. The van der Waals surface area contributed by atoms with E-state index in [-0.39, 0.29) is 30.9 Å². The minimum absolute atomic E-state index is 0.0464. The van der Waals surface area contributed by atoms with Gasteiger partial charge in [-0.15, -0.1) is 0 Å². The Bertz CT molecular complexity index is 725. The van der Waals surface area contributed by atoms with Crippen LogP contribution in [0.15, 0.2) is 36.4 Å². The molecule has 28 heavy (non-hydrogen) atoms. The number of hydrogen-bond donors (Lipinski definition) is 2. The molecule has 3 nitrogen and oxygen atoms in total. The lowest BCUT2D eigenvalue weighted by atomic mass is 10.0. The van der Waals surface area contributed by atoms with E-state index in [1.807, 2.05) is 0 Å². The van der Waals surface area contributed by atoms with Crippen molar-refractivity contribution in [3.8, 4) is 5.75 Å². The largest absolute Gasteiger partial charge is 0.432 e. The topological polar surface area (TPSA) is 49.7 Å². The molecule has 2 rings (SSSR count). The number of halogens is 4. The zero-order chi connectivity index (χ0) is 20.6. The van der Waals surface area contributed by atoms with Crippen molar-refractivity contribution in [2.75, 3.05) is 13.2 Å². The monoisotopic (exact) mass is 400 g/mol. The molecule has 0 atom stereocenters. The number of ether oxygens (including phenoxy) is 1. The lowest BCUT2D eigenvalue weighted by Crippen LogP contribution is -2.25. The van der Waals surface area contributed by atoms with Gasteiger partial charge >= 0.3 is 6.11 Å². The van der Waals surface area contributed by atoms with Gasteiger partial charge in [0.2, 0.25) is 0 Å². The van der Waals surface area contributed by atoms with E-state index in [0.717, 1.165) is 24.1 Å². The van der Waals surface area contributed by atoms with Gasteiger partial charge in [-0.3, -0.25) is 0 Å². The summed E-state index contributed by atoms with van der Waals surface area (Å²) in [5, 5.41) is 17.5. The van der Waals surface area contributed by atoms with Gasteiger partial charge in [-0.05, 0) is 73.9 Å². The van der Waals surface area contributed by atoms with E-state index < -0.39 is 23.3 Å². The fourth-order valence-electron chi connectivity index (χ4n) is 2.85. The minimum Gasteiger partial charge on any atom is -0.429 e. The van der Waals surface area contributed by atoms with Gasteiger partial charge in [0.15, 0.2) is 0 Å². The second-order valence-electron chi connectivity index (χ2n) is 6.56. The predicted molar refractivity (Wildman–Crippen MR) is 97.4 cm³/mol. The summed E-state index contributed by atoms with van der Waals surface area (Å²) < 4.78 is 61.7. The Labute approximate surface area is 161 Å². The Morgan fingerprint density at radius 1 is 0.750 bits per heavy atom. The van der Waals surface area contributed by atoms with E-state index in [1.165, 1.54) is 12.1 Å². The molecule has 154 valence electrons. The average Bonchev–Trinajstić information content (AvgIpc) is 2.62. The van der Waals surface area contributed by atoms with Crippen LogP contribution in [0.3, 0.4) is 0 Å². The minimum atomic E-state index is -4.17. The molecule has 0 radical (unpaired) electrons. The summed E-state index contributed by atoms with van der Waals surface area (Å²) in [6.45, 7) is 0.0416. The van der Waals surface area contributed by atoms with Gasteiger partial charge in [-0.25, -0.2) is 8.78 Å². The zero-order valence-electron chi connectivity index (χ0n) is 15.4. The molecule has 0 aromatic heterocycles. The first-order chi connectivity index (χ1) is 13.4. The number of aliphatic hydroxyl groups is 2. The van der Waals surface area contributed by atoms with Crippen LogP contribution in [0.1, 0.15) is 42.4 Å². The Balaban J connectivity index is 2.11. The van der Waals surface area contributed by atoms with E-state index in [2.05, 4.69) is 4.74 Å². The highest BCUT2D eigenvalue weighted by Crippen LogP contribution is 2.35. The predicted octanol–water partition coefficient (Wildman–Crippen LogP) is 4.72. The lowest BCUT2D eigenvalue weighted by molar-refractivity contribution is -0.189. The summed E-state index contributed by atoms with van der Waals surface area (Å²) in [5.41, 5.74) is -0.297. The Kier molecular flexibility index (Phi) is 8.26. The Hall–Kier alpha value is -2.12. The van der Waals surface area contributed by atoms with Gasteiger partial charge in [-0.2, -0.15) is 8.78 Å². The molecule has 0 fully saturated rings. The zero-order valence-corrected chi connectivity index (χ0v) is 15.4. The van der Waals surface area contributed by atoms with Gasteiger partial charge in [-0.1, -0.05) is 12.1 Å². The molecule has 0 aliphatic rings. The van der Waals surface area contributed by atoms with Crippen LogP contribution in [0.4, 0.5) is 17.6 Å². The normalized spacial score (nSPS) is 11.6. The van der Waals surface area contributed by atoms with Crippen LogP contribution in [-0.2, 0) is 19.0 Å². The third kappa shape index (κ3) is 6.21. The summed E-state index contributed by atoms with van der Waals surface area (Å²) in [7, 11) is 0. The van der Waals surface area contributed by atoms with Crippen LogP contribution in [0.5, 0.6) is 5.75 Å².